The van der Waals surface area contributed by atoms with Crippen LogP contribution in [0.4, 0.5) is 18.9 Å². The van der Waals surface area contributed by atoms with Crippen molar-refractivity contribution in [3.05, 3.63) is 36.0 Å². The summed E-state index contributed by atoms with van der Waals surface area (Å²) in [6, 6.07) is 5.86. The number of hydrogen-bond donors (Lipinski definition) is 1. The standard InChI is InChI=1S/C24H28F3N3O3/c1-14-10-30(20-5-4-19(24(25,26)27)23-17(20)3-2-6-29-23)11-22(33-14)21(31)7-18-15-8-28-9-16(18)13-32-12-15/h2-6,14-16,18,22,28H,7-13H2,1H3/t14-,15?,16?,18?,22-/m1/s1. The van der Waals surface area contributed by atoms with Crippen molar-refractivity contribution in [1.29, 1.82) is 0 Å². The lowest BCUT2D eigenvalue weighted by Gasteiger charge is -2.43. The predicted molar refractivity (Wildman–Crippen MR) is 117 cm³/mol. The number of pyridine rings is 1. The molecule has 0 spiro atoms. The molecule has 2 aromatic rings. The Hall–Kier alpha value is -2.23. The number of hydrogen-bond acceptors (Lipinski definition) is 6. The Morgan fingerprint density at radius 1 is 1.18 bits per heavy atom. The second-order valence-electron chi connectivity index (χ2n) is 9.42. The summed E-state index contributed by atoms with van der Waals surface area (Å²) in [5.41, 5.74) is -0.186. The molecule has 3 fully saturated rings. The maximum atomic E-state index is 13.5. The van der Waals surface area contributed by atoms with Crippen molar-refractivity contribution in [3.63, 3.8) is 0 Å². The third kappa shape index (κ3) is 4.46. The Morgan fingerprint density at radius 3 is 2.67 bits per heavy atom. The fraction of sp³-hybridized carbons (Fsp3) is 0.583. The third-order valence-electron chi connectivity index (χ3n) is 7.14. The first-order valence-corrected chi connectivity index (χ1v) is 11.5. The molecular formula is C24H28F3N3O3. The van der Waals surface area contributed by atoms with Crippen LogP contribution >= 0.6 is 0 Å². The Morgan fingerprint density at radius 2 is 1.94 bits per heavy atom. The van der Waals surface area contributed by atoms with Gasteiger partial charge >= 0.3 is 6.18 Å². The van der Waals surface area contributed by atoms with Crippen molar-refractivity contribution in [2.75, 3.05) is 44.3 Å². The number of nitrogens with one attached hydrogen (secondary N) is 1. The van der Waals surface area contributed by atoms with Gasteiger partial charge < -0.3 is 19.7 Å². The van der Waals surface area contributed by atoms with Gasteiger partial charge in [0.15, 0.2) is 5.78 Å². The van der Waals surface area contributed by atoms with Crippen molar-refractivity contribution >= 4 is 22.4 Å². The lowest BCUT2D eigenvalue weighted by molar-refractivity contribution is -0.139. The van der Waals surface area contributed by atoms with Gasteiger partial charge in [0.25, 0.3) is 0 Å². The van der Waals surface area contributed by atoms with Crippen molar-refractivity contribution in [2.24, 2.45) is 17.8 Å². The van der Waals surface area contributed by atoms with Crippen molar-refractivity contribution in [2.45, 2.75) is 31.7 Å². The van der Waals surface area contributed by atoms with Gasteiger partial charge in [-0.2, -0.15) is 13.2 Å². The summed E-state index contributed by atoms with van der Waals surface area (Å²) < 4.78 is 52.2. The highest BCUT2D eigenvalue weighted by molar-refractivity contribution is 5.94. The van der Waals surface area contributed by atoms with Gasteiger partial charge in [-0.25, -0.2) is 0 Å². The average Bonchev–Trinajstić information content (AvgIpc) is 2.77. The third-order valence-corrected chi connectivity index (χ3v) is 7.14. The maximum absolute atomic E-state index is 13.5. The fourth-order valence-corrected chi connectivity index (χ4v) is 5.56. The van der Waals surface area contributed by atoms with Crippen LogP contribution in [0.2, 0.25) is 0 Å². The summed E-state index contributed by atoms with van der Waals surface area (Å²) in [4.78, 5) is 19.3. The van der Waals surface area contributed by atoms with Crippen LogP contribution in [0.5, 0.6) is 0 Å². The first-order chi connectivity index (χ1) is 15.8. The molecule has 1 N–H and O–H groups in total. The lowest BCUT2D eigenvalue weighted by atomic mass is 9.74. The smallest absolute Gasteiger partial charge is 0.381 e. The van der Waals surface area contributed by atoms with Gasteiger partial charge in [-0.05, 0) is 48.9 Å². The SMILES string of the molecule is C[C@@H]1CN(c2ccc(C(F)(F)F)c3ncccc23)C[C@H](C(=O)CC2C3CNCC2COC3)O1. The van der Waals surface area contributed by atoms with E-state index < -0.39 is 17.8 Å². The van der Waals surface area contributed by atoms with Crippen LogP contribution < -0.4 is 10.2 Å². The summed E-state index contributed by atoms with van der Waals surface area (Å²) in [7, 11) is 0. The normalized spacial score (nSPS) is 30.4. The van der Waals surface area contributed by atoms with Crippen LogP contribution in [-0.2, 0) is 20.4 Å². The van der Waals surface area contributed by atoms with Crippen molar-refractivity contribution in [1.82, 2.24) is 10.3 Å². The number of alkyl halides is 3. The molecule has 0 radical (unpaired) electrons. The van der Waals surface area contributed by atoms with E-state index in [2.05, 4.69) is 10.3 Å². The largest absolute Gasteiger partial charge is 0.418 e. The number of carbonyl (C=O) groups is 1. The number of morpholine rings is 1. The zero-order chi connectivity index (χ0) is 23.2. The van der Waals surface area contributed by atoms with E-state index in [9.17, 15) is 18.0 Å². The zero-order valence-electron chi connectivity index (χ0n) is 18.5. The number of rotatable bonds is 4. The van der Waals surface area contributed by atoms with Crippen molar-refractivity contribution in [3.8, 4) is 0 Å². The molecule has 178 valence electrons. The molecule has 0 saturated carbocycles. The van der Waals surface area contributed by atoms with Crippen LogP contribution in [0.15, 0.2) is 30.5 Å². The van der Waals surface area contributed by atoms with E-state index in [1.165, 1.54) is 12.3 Å². The molecule has 9 heteroatoms. The highest BCUT2D eigenvalue weighted by Crippen LogP contribution is 2.39. The molecule has 1 aromatic heterocycles. The van der Waals surface area contributed by atoms with Crippen LogP contribution in [0, 0.1) is 17.8 Å². The number of nitrogens with zero attached hydrogens (tertiary/aromatic N) is 2. The molecule has 2 unspecified atom stereocenters. The number of anilines is 1. The minimum absolute atomic E-state index is 0.0599. The Bertz CT molecular complexity index is 1010. The monoisotopic (exact) mass is 463 g/mol. The Labute approximate surface area is 190 Å². The molecule has 3 saturated heterocycles. The number of ether oxygens (including phenoxy) is 2. The first kappa shape index (κ1) is 22.6. The Balaban J connectivity index is 1.38. The molecule has 1 aromatic carbocycles. The lowest BCUT2D eigenvalue weighted by Crippen LogP contribution is -2.53. The summed E-state index contributed by atoms with van der Waals surface area (Å²) in [6.07, 6.45) is -3.51. The molecule has 0 aliphatic carbocycles. The van der Waals surface area contributed by atoms with E-state index in [1.54, 1.807) is 12.1 Å². The second kappa shape index (κ2) is 8.85. The van der Waals surface area contributed by atoms with E-state index in [4.69, 9.17) is 9.47 Å². The number of benzene rings is 1. The van der Waals surface area contributed by atoms with Gasteiger partial charge in [0.05, 0.1) is 36.9 Å². The van der Waals surface area contributed by atoms with Gasteiger partial charge in [0.2, 0.25) is 0 Å². The first-order valence-electron chi connectivity index (χ1n) is 11.5. The van der Waals surface area contributed by atoms with E-state index in [0.29, 0.717) is 55.6 Å². The van der Waals surface area contributed by atoms with Crippen LogP contribution in [-0.4, -0.2) is 62.4 Å². The molecule has 5 rings (SSSR count). The van der Waals surface area contributed by atoms with Crippen LogP contribution in [0.25, 0.3) is 10.9 Å². The number of aromatic nitrogens is 1. The number of ketones is 1. The van der Waals surface area contributed by atoms with E-state index >= 15 is 0 Å². The molecule has 4 atom stereocenters. The fourth-order valence-electron chi connectivity index (χ4n) is 5.56. The summed E-state index contributed by atoms with van der Waals surface area (Å²) in [6.45, 7) is 5.74. The number of carbonyl (C=O) groups excluding carboxylic acids is 1. The number of piperidine rings is 1. The van der Waals surface area contributed by atoms with Crippen LogP contribution in [0.1, 0.15) is 18.9 Å². The van der Waals surface area contributed by atoms with Gasteiger partial charge in [0, 0.05) is 43.3 Å². The van der Waals surface area contributed by atoms with E-state index in [1.807, 2.05) is 11.8 Å². The van der Waals surface area contributed by atoms with Crippen molar-refractivity contribution < 1.29 is 27.4 Å². The van der Waals surface area contributed by atoms with Gasteiger partial charge in [-0.15, -0.1) is 0 Å². The predicted octanol–water partition coefficient (Wildman–Crippen LogP) is 3.29. The zero-order valence-corrected chi connectivity index (χ0v) is 18.5. The molecule has 6 nitrogen and oxygen atoms in total. The summed E-state index contributed by atoms with van der Waals surface area (Å²) in [5.74, 6) is 0.981. The van der Waals surface area contributed by atoms with Gasteiger partial charge in [-0.3, -0.25) is 9.78 Å². The molecule has 3 aliphatic heterocycles. The topological polar surface area (TPSA) is 63.7 Å². The molecule has 33 heavy (non-hydrogen) atoms. The van der Waals surface area contributed by atoms with Crippen LogP contribution in [0.3, 0.4) is 0 Å². The van der Waals surface area contributed by atoms with E-state index in [-0.39, 0.29) is 23.3 Å². The Kier molecular flexibility index (Phi) is 6.05. The quantitative estimate of drug-likeness (QED) is 0.751. The number of Topliss-reactive ketones (excluding diaryl/α,β-unsaturated/α-hetero) is 1. The van der Waals surface area contributed by atoms with Gasteiger partial charge in [-0.1, -0.05) is 0 Å². The summed E-state index contributed by atoms with van der Waals surface area (Å²) in [5, 5.41) is 3.85. The highest BCUT2D eigenvalue weighted by Gasteiger charge is 2.41. The molecule has 3 aliphatic rings. The molecule has 4 heterocycles. The number of fused-ring (bicyclic) bond motifs is 3. The molecular weight excluding hydrogens is 435 g/mol. The van der Waals surface area contributed by atoms with Gasteiger partial charge in [0.1, 0.15) is 6.10 Å². The average molecular weight is 464 g/mol. The minimum atomic E-state index is -4.49. The van der Waals surface area contributed by atoms with E-state index in [0.717, 1.165) is 19.2 Å². The molecule has 2 bridgehead atoms. The second-order valence-corrected chi connectivity index (χ2v) is 9.42. The summed E-state index contributed by atoms with van der Waals surface area (Å²) >= 11 is 0. The maximum Gasteiger partial charge on any atom is 0.418 e. The minimum Gasteiger partial charge on any atom is -0.381 e. The number of halogens is 3. The molecule has 0 amide bonds. The highest BCUT2D eigenvalue weighted by atomic mass is 19.4.